The van der Waals surface area contributed by atoms with Crippen molar-refractivity contribution < 1.29 is 14.3 Å². The third-order valence-electron chi connectivity index (χ3n) is 3.05. The topological polar surface area (TPSA) is 71.5 Å². The van der Waals surface area contributed by atoms with Crippen LogP contribution in [0.1, 0.15) is 10.5 Å². The smallest absolute Gasteiger partial charge is 0.272 e. The first-order valence-corrected chi connectivity index (χ1v) is 7.19. The average molecular weight is 334 g/mol. The number of rotatable bonds is 5. The number of nitrogens with zero attached hydrogens (tertiary/aromatic N) is 2. The largest absolute Gasteiger partial charge is 0.495 e. The van der Waals surface area contributed by atoms with Crippen molar-refractivity contribution >= 4 is 29.1 Å². The second-order valence-electron chi connectivity index (χ2n) is 4.77. The van der Waals surface area contributed by atoms with Crippen LogP contribution in [-0.4, -0.2) is 42.4 Å². The maximum absolute atomic E-state index is 12.1. The Hall–Kier alpha value is -2.60. The van der Waals surface area contributed by atoms with E-state index in [9.17, 15) is 9.59 Å². The molecule has 2 rings (SSSR count). The van der Waals surface area contributed by atoms with E-state index in [1.54, 1.807) is 36.4 Å². The third kappa shape index (κ3) is 4.43. The SMILES string of the molecule is COc1ccc(Cl)cc1NC(=O)CN(C)C(=O)c1ccccn1. The number of amides is 2. The molecule has 0 aliphatic carbocycles. The van der Waals surface area contributed by atoms with Gasteiger partial charge in [-0.15, -0.1) is 0 Å². The van der Waals surface area contributed by atoms with Gasteiger partial charge >= 0.3 is 0 Å². The molecule has 120 valence electrons. The Morgan fingerprint density at radius 2 is 2.09 bits per heavy atom. The van der Waals surface area contributed by atoms with Gasteiger partial charge in [0.2, 0.25) is 5.91 Å². The first-order valence-electron chi connectivity index (χ1n) is 6.81. The normalized spacial score (nSPS) is 10.0. The fraction of sp³-hybridized carbons (Fsp3) is 0.188. The summed E-state index contributed by atoms with van der Waals surface area (Å²) >= 11 is 5.91. The van der Waals surface area contributed by atoms with Crippen molar-refractivity contribution in [3.05, 3.63) is 53.3 Å². The minimum atomic E-state index is -0.364. The van der Waals surface area contributed by atoms with E-state index in [-0.39, 0.29) is 24.1 Å². The fourth-order valence-corrected chi connectivity index (χ4v) is 2.11. The van der Waals surface area contributed by atoms with E-state index < -0.39 is 0 Å². The van der Waals surface area contributed by atoms with Crippen LogP contribution in [0.3, 0.4) is 0 Å². The average Bonchev–Trinajstić information content (AvgIpc) is 2.55. The molecule has 0 spiro atoms. The highest BCUT2D eigenvalue weighted by Gasteiger charge is 2.16. The number of aromatic nitrogens is 1. The van der Waals surface area contributed by atoms with E-state index in [0.717, 1.165) is 0 Å². The summed E-state index contributed by atoms with van der Waals surface area (Å²) in [5.74, 6) is -0.211. The Kier molecular flexibility index (Phi) is 5.54. The monoisotopic (exact) mass is 333 g/mol. The molecule has 0 atom stereocenters. The van der Waals surface area contributed by atoms with Gasteiger partial charge in [-0.25, -0.2) is 0 Å². The molecule has 0 bridgehead atoms. The second kappa shape index (κ2) is 7.60. The number of halogens is 1. The molecule has 23 heavy (non-hydrogen) atoms. The van der Waals surface area contributed by atoms with Crippen molar-refractivity contribution in [1.29, 1.82) is 0 Å². The highest BCUT2D eigenvalue weighted by molar-refractivity contribution is 6.31. The number of likely N-dealkylation sites (N-methyl/N-ethyl adjacent to an activating group) is 1. The lowest BCUT2D eigenvalue weighted by Crippen LogP contribution is -2.35. The molecule has 0 fully saturated rings. The Morgan fingerprint density at radius 3 is 2.74 bits per heavy atom. The second-order valence-corrected chi connectivity index (χ2v) is 5.21. The number of carbonyl (C=O) groups excluding carboxylic acids is 2. The van der Waals surface area contributed by atoms with Gasteiger partial charge < -0.3 is 15.0 Å². The van der Waals surface area contributed by atoms with E-state index >= 15 is 0 Å². The van der Waals surface area contributed by atoms with Crippen molar-refractivity contribution in [1.82, 2.24) is 9.88 Å². The van der Waals surface area contributed by atoms with Crippen LogP contribution < -0.4 is 10.1 Å². The van der Waals surface area contributed by atoms with Crippen LogP contribution in [0.25, 0.3) is 0 Å². The molecular weight excluding hydrogens is 318 g/mol. The van der Waals surface area contributed by atoms with Crippen LogP contribution in [0.15, 0.2) is 42.6 Å². The number of hydrogen-bond acceptors (Lipinski definition) is 4. The molecule has 1 aromatic heterocycles. The molecule has 0 aliphatic rings. The summed E-state index contributed by atoms with van der Waals surface area (Å²) in [7, 11) is 3.03. The molecule has 1 heterocycles. The molecule has 0 saturated carbocycles. The summed E-state index contributed by atoms with van der Waals surface area (Å²) < 4.78 is 5.16. The molecular formula is C16H16ClN3O3. The summed E-state index contributed by atoms with van der Waals surface area (Å²) in [6, 6.07) is 9.92. The lowest BCUT2D eigenvalue weighted by atomic mass is 10.3. The van der Waals surface area contributed by atoms with Gasteiger partial charge in [0.15, 0.2) is 0 Å². The van der Waals surface area contributed by atoms with Crippen LogP contribution in [0.4, 0.5) is 5.69 Å². The minimum absolute atomic E-state index is 0.120. The molecule has 0 saturated heterocycles. The summed E-state index contributed by atoms with van der Waals surface area (Å²) in [6.07, 6.45) is 1.53. The van der Waals surface area contributed by atoms with Crippen molar-refractivity contribution in [3.63, 3.8) is 0 Å². The number of pyridine rings is 1. The maximum atomic E-state index is 12.1. The number of methoxy groups -OCH3 is 1. The van der Waals surface area contributed by atoms with Gasteiger partial charge in [0, 0.05) is 18.3 Å². The lowest BCUT2D eigenvalue weighted by Gasteiger charge is -2.17. The van der Waals surface area contributed by atoms with E-state index in [1.807, 2.05) is 0 Å². The number of nitrogens with one attached hydrogen (secondary N) is 1. The summed E-state index contributed by atoms with van der Waals surface area (Å²) in [5, 5.41) is 3.15. The quantitative estimate of drug-likeness (QED) is 0.912. The number of benzene rings is 1. The zero-order valence-electron chi connectivity index (χ0n) is 12.7. The molecule has 2 amide bonds. The third-order valence-corrected chi connectivity index (χ3v) is 3.28. The highest BCUT2D eigenvalue weighted by Crippen LogP contribution is 2.27. The van der Waals surface area contributed by atoms with Crippen LogP contribution >= 0.6 is 11.6 Å². The summed E-state index contributed by atoms with van der Waals surface area (Å²) in [4.78, 5) is 29.5. The van der Waals surface area contributed by atoms with Crippen molar-refractivity contribution in [2.24, 2.45) is 0 Å². The number of carbonyl (C=O) groups is 2. The van der Waals surface area contributed by atoms with Crippen molar-refractivity contribution in [2.75, 3.05) is 26.0 Å². The molecule has 2 aromatic rings. The summed E-state index contributed by atoms with van der Waals surface area (Å²) in [6.45, 7) is -0.120. The molecule has 6 nitrogen and oxygen atoms in total. The molecule has 1 N–H and O–H groups in total. The first kappa shape index (κ1) is 16.8. The fourth-order valence-electron chi connectivity index (χ4n) is 1.94. The van der Waals surface area contributed by atoms with E-state index in [4.69, 9.17) is 16.3 Å². The van der Waals surface area contributed by atoms with Gasteiger partial charge in [-0.1, -0.05) is 17.7 Å². The van der Waals surface area contributed by atoms with Crippen molar-refractivity contribution in [2.45, 2.75) is 0 Å². The minimum Gasteiger partial charge on any atom is -0.495 e. The van der Waals surface area contributed by atoms with Gasteiger partial charge in [0.1, 0.15) is 11.4 Å². The zero-order valence-corrected chi connectivity index (χ0v) is 13.5. The Balaban J connectivity index is 2.02. The Labute approximate surface area is 139 Å². The number of hydrogen-bond donors (Lipinski definition) is 1. The maximum Gasteiger partial charge on any atom is 0.272 e. The Bertz CT molecular complexity index is 707. The van der Waals surface area contributed by atoms with E-state index in [0.29, 0.717) is 16.5 Å². The molecule has 7 heteroatoms. The highest BCUT2D eigenvalue weighted by atomic mass is 35.5. The summed E-state index contributed by atoms with van der Waals surface area (Å²) in [5.41, 5.74) is 0.729. The van der Waals surface area contributed by atoms with Crippen LogP contribution in [0, 0.1) is 0 Å². The van der Waals surface area contributed by atoms with Gasteiger partial charge in [0.05, 0.1) is 19.3 Å². The van der Waals surface area contributed by atoms with Gasteiger partial charge in [0.25, 0.3) is 5.91 Å². The van der Waals surface area contributed by atoms with Crippen LogP contribution in [0.5, 0.6) is 5.75 Å². The van der Waals surface area contributed by atoms with Gasteiger partial charge in [-0.3, -0.25) is 14.6 Å². The van der Waals surface area contributed by atoms with Crippen LogP contribution in [-0.2, 0) is 4.79 Å². The predicted molar refractivity (Wildman–Crippen MR) is 87.8 cm³/mol. The van der Waals surface area contributed by atoms with Gasteiger partial charge in [-0.2, -0.15) is 0 Å². The molecule has 1 aromatic carbocycles. The van der Waals surface area contributed by atoms with E-state index in [1.165, 1.54) is 25.3 Å². The van der Waals surface area contributed by atoms with E-state index in [2.05, 4.69) is 10.3 Å². The molecule has 0 radical (unpaired) electrons. The number of ether oxygens (including phenoxy) is 1. The number of anilines is 1. The zero-order chi connectivity index (χ0) is 16.8. The van der Waals surface area contributed by atoms with Gasteiger partial charge in [-0.05, 0) is 30.3 Å². The lowest BCUT2D eigenvalue weighted by molar-refractivity contribution is -0.116. The Morgan fingerprint density at radius 1 is 1.30 bits per heavy atom. The van der Waals surface area contributed by atoms with Crippen LogP contribution in [0.2, 0.25) is 5.02 Å². The molecule has 0 unspecified atom stereocenters. The predicted octanol–water partition coefficient (Wildman–Crippen LogP) is 2.45. The standard InChI is InChI=1S/C16H16ClN3O3/c1-20(16(22)12-5-3-4-8-18-12)10-15(21)19-13-9-11(17)6-7-14(13)23-2/h3-9H,10H2,1-2H3,(H,19,21). The molecule has 0 aliphatic heterocycles. The first-order chi connectivity index (χ1) is 11.0. The van der Waals surface area contributed by atoms with Crippen molar-refractivity contribution in [3.8, 4) is 5.75 Å².